The summed E-state index contributed by atoms with van der Waals surface area (Å²) < 4.78 is 22.0. The van der Waals surface area contributed by atoms with Crippen LogP contribution >= 0.6 is 0 Å². The number of rotatable bonds is 5. The van der Waals surface area contributed by atoms with Crippen LogP contribution in [0.25, 0.3) is 11.1 Å². The lowest BCUT2D eigenvalue weighted by Crippen LogP contribution is -2.42. The molecule has 0 aliphatic carbocycles. The lowest BCUT2D eigenvalue weighted by molar-refractivity contribution is -0.130. The van der Waals surface area contributed by atoms with Crippen molar-refractivity contribution in [1.29, 1.82) is 0 Å². The number of carbonyl (C=O) groups excluding carboxylic acids is 6. The van der Waals surface area contributed by atoms with Crippen LogP contribution in [0.5, 0.6) is 11.5 Å². The number of benzene rings is 2. The highest BCUT2D eigenvalue weighted by Gasteiger charge is 2.28. The maximum atomic E-state index is 13.4. The molecule has 2 aromatic rings. The first-order valence-corrected chi connectivity index (χ1v) is 15.9. The number of ether oxygens (including phenoxy) is 4. The van der Waals surface area contributed by atoms with Gasteiger partial charge in [-0.15, -0.1) is 0 Å². The monoisotopic (exact) mass is 666 g/mol. The zero-order chi connectivity index (χ0) is 36.0. The molecular weight excluding hydrogens is 620 g/mol. The van der Waals surface area contributed by atoms with Crippen LogP contribution in [0, 0.1) is 5.92 Å². The lowest BCUT2D eigenvalue weighted by Gasteiger charge is -2.22. The number of amides is 2. The Bertz CT molecular complexity index is 1570. The van der Waals surface area contributed by atoms with Crippen molar-refractivity contribution in [2.45, 2.75) is 111 Å². The normalized spacial score (nSPS) is 17.9. The van der Waals surface area contributed by atoms with E-state index in [9.17, 15) is 28.8 Å². The molecule has 12 nitrogen and oxygen atoms in total. The molecule has 2 amide bonds. The van der Waals surface area contributed by atoms with Gasteiger partial charge in [0.05, 0.1) is 18.5 Å². The molecule has 2 aromatic carbocycles. The quantitative estimate of drug-likeness (QED) is 0.301. The summed E-state index contributed by atoms with van der Waals surface area (Å²) in [6, 6.07) is 8.04. The van der Waals surface area contributed by atoms with E-state index in [1.807, 2.05) is 0 Å². The summed E-state index contributed by atoms with van der Waals surface area (Å²) in [7, 11) is 0. The third kappa shape index (κ3) is 11.5. The van der Waals surface area contributed by atoms with Gasteiger partial charge < -0.3 is 29.6 Å². The number of Topliss-reactive ketones (excluding diaryl/α,β-unsaturated/α-hetero) is 2. The second-order valence-electron chi connectivity index (χ2n) is 14.0. The smallest absolute Gasteiger partial charge is 0.428 e. The first-order valence-electron chi connectivity index (χ1n) is 15.9. The number of ketones is 2. The van der Waals surface area contributed by atoms with Gasteiger partial charge in [-0.3, -0.25) is 19.2 Å². The van der Waals surface area contributed by atoms with E-state index in [1.54, 1.807) is 79.7 Å². The Morgan fingerprint density at radius 1 is 0.833 bits per heavy atom. The van der Waals surface area contributed by atoms with Crippen LogP contribution in [-0.4, -0.2) is 59.0 Å². The van der Waals surface area contributed by atoms with Gasteiger partial charge in [-0.2, -0.15) is 0 Å². The van der Waals surface area contributed by atoms with Gasteiger partial charge in [-0.05, 0) is 111 Å². The first-order chi connectivity index (χ1) is 22.2. The fourth-order valence-corrected chi connectivity index (χ4v) is 4.85. The highest BCUT2D eigenvalue weighted by atomic mass is 16.7. The zero-order valence-electron chi connectivity index (χ0n) is 29.1. The Hall–Kier alpha value is -4.74. The van der Waals surface area contributed by atoms with Crippen LogP contribution < -0.4 is 20.1 Å². The fraction of sp³-hybridized carbons (Fsp3) is 0.500. The molecule has 0 saturated heterocycles. The summed E-state index contributed by atoms with van der Waals surface area (Å²) in [5.74, 6) is -1.95. The molecular formula is C36H46N2O10. The van der Waals surface area contributed by atoms with Crippen molar-refractivity contribution in [3.05, 3.63) is 47.5 Å². The van der Waals surface area contributed by atoms with E-state index >= 15 is 0 Å². The second kappa shape index (κ2) is 15.4. The van der Waals surface area contributed by atoms with Crippen molar-refractivity contribution in [2.75, 3.05) is 0 Å². The molecule has 1 heterocycles. The minimum Gasteiger partial charge on any atom is -0.428 e. The van der Waals surface area contributed by atoms with Crippen molar-refractivity contribution in [3.8, 4) is 22.6 Å². The van der Waals surface area contributed by atoms with Crippen molar-refractivity contribution in [2.24, 2.45) is 5.92 Å². The maximum absolute atomic E-state index is 13.4. The maximum Gasteiger partial charge on any atom is 0.514 e. The fourth-order valence-electron chi connectivity index (χ4n) is 4.85. The first kappa shape index (κ1) is 37.7. The predicted octanol–water partition coefficient (Wildman–Crippen LogP) is 5.64. The Kier molecular flexibility index (Phi) is 12.1. The Morgan fingerprint density at radius 3 is 1.83 bits per heavy atom. The van der Waals surface area contributed by atoms with Crippen molar-refractivity contribution >= 4 is 35.7 Å². The molecule has 1 aliphatic heterocycles. The van der Waals surface area contributed by atoms with E-state index in [4.69, 9.17) is 18.9 Å². The lowest BCUT2D eigenvalue weighted by atomic mass is 9.90. The molecule has 0 fully saturated rings. The topological polar surface area (TPSA) is 163 Å². The minimum absolute atomic E-state index is 0.00229. The van der Waals surface area contributed by atoms with Crippen molar-refractivity contribution in [3.63, 3.8) is 0 Å². The predicted molar refractivity (Wildman–Crippen MR) is 177 cm³/mol. The van der Waals surface area contributed by atoms with Crippen LogP contribution in [0.15, 0.2) is 36.4 Å². The molecule has 1 aliphatic rings. The number of hydrogen-bond acceptors (Lipinski definition) is 10. The minimum atomic E-state index is -0.977. The van der Waals surface area contributed by atoms with Crippen LogP contribution in [0.3, 0.4) is 0 Å². The van der Waals surface area contributed by atoms with Gasteiger partial charge >= 0.3 is 12.3 Å². The summed E-state index contributed by atoms with van der Waals surface area (Å²) in [4.78, 5) is 77.0. The van der Waals surface area contributed by atoms with Crippen molar-refractivity contribution < 1.29 is 47.7 Å². The molecule has 0 radical (unpaired) electrons. The molecule has 3 unspecified atom stereocenters. The van der Waals surface area contributed by atoms with Crippen LogP contribution in [0.1, 0.15) is 86.3 Å². The van der Waals surface area contributed by atoms with Crippen LogP contribution in [-0.2, 0) is 41.5 Å². The van der Waals surface area contributed by atoms with E-state index in [-0.39, 0.29) is 54.3 Å². The number of carbonyl (C=O) groups is 6. The van der Waals surface area contributed by atoms with E-state index in [2.05, 4.69) is 10.6 Å². The molecule has 48 heavy (non-hydrogen) atoms. The van der Waals surface area contributed by atoms with Gasteiger partial charge in [-0.25, -0.2) is 9.59 Å². The van der Waals surface area contributed by atoms with Crippen molar-refractivity contribution in [1.82, 2.24) is 10.6 Å². The molecule has 0 aromatic heterocycles. The van der Waals surface area contributed by atoms with Gasteiger partial charge in [0, 0.05) is 23.5 Å². The Labute approximate surface area is 281 Å². The largest absolute Gasteiger partial charge is 0.514 e. The molecule has 3 atom stereocenters. The van der Waals surface area contributed by atoms with Gasteiger partial charge in [-0.1, -0.05) is 12.1 Å². The van der Waals surface area contributed by atoms with E-state index < -0.39 is 53.3 Å². The van der Waals surface area contributed by atoms with E-state index in [0.29, 0.717) is 16.7 Å². The molecule has 3 rings (SSSR count). The Balaban J connectivity index is 2.22. The standard InChI is InChI=1S/C36H46N2O10/c1-20(22(3)39)38-32(42)25-12-13-28(40)21(2)37-31(41)19-24-11-15-30(46-34(44)48-36(7,8)9)27(18-24)26-17-23(16-25)10-14-29(26)45-33(43)47-35(4,5)6/h10-11,14-15,17-18,20-21,25H,12-13,16,19H2,1-9H3,(H,37,41)(H,38,42). The third-order valence-electron chi connectivity index (χ3n) is 7.33. The van der Waals surface area contributed by atoms with E-state index in [1.165, 1.54) is 19.1 Å². The molecule has 12 heteroatoms. The molecule has 4 bridgehead atoms. The summed E-state index contributed by atoms with van der Waals surface area (Å²) >= 11 is 0. The average Bonchev–Trinajstić information content (AvgIpc) is 2.93. The zero-order valence-corrected chi connectivity index (χ0v) is 29.1. The second-order valence-corrected chi connectivity index (χ2v) is 14.0. The number of fused-ring (bicyclic) bond motifs is 5. The summed E-state index contributed by atoms with van der Waals surface area (Å²) in [6.45, 7) is 14.7. The highest BCUT2D eigenvalue weighted by molar-refractivity contribution is 5.91. The highest BCUT2D eigenvalue weighted by Crippen LogP contribution is 2.39. The molecule has 0 spiro atoms. The van der Waals surface area contributed by atoms with Gasteiger partial charge in [0.25, 0.3) is 0 Å². The summed E-state index contributed by atoms with van der Waals surface area (Å²) in [6.07, 6.45) is -1.78. The molecule has 0 saturated carbocycles. The Morgan fingerprint density at radius 2 is 1.33 bits per heavy atom. The molecule has 260 valence electrons. The number of hydrogen-bond donors (Lipinski definition) is 2. The summed E-state index contributed by atoms with van der Waals surface area (Å²) in [5, 5.41) is 5.43. The summed E-state index contributed by atoms with van der Waals surface area (Å²) in [5.41, 5.74) is 0.0174. The average molecular weight is 667 g/mol. The van der Waals surface area contributed by atoms with Crippen LogP contribution in [0.4, 0.5) is 9.59 Å². The SMILES string of the molecule is CC(=O)C(C)NC(=O)C1CCC(=O)C(C)NC(=O)Cc2ccc(OC(=O)OC(C)(C)C)c(c2)-c2cc(ccc2OC(=O)OC(C)(C)C)C1. The van der Waals surface area contributed by atoms with E-state index in [0.717, 1.165) is 0 Å². The van der Waals surface area contributed by atoms with Gasteiger partial charge in [0.1, 0.15) is 22.7 Å². The van der Waals surface area contributed by atoms with Gasteiger partial charge in [0.15, 0.2) is 11.6 Å². The van der Waals surface area contributed by atoms with Crippen LogP contribution in [0.2, 0.25) is 0 Å². The molecule has 2 N–H and O–H groups in total. The third-order valence-corrected chi connectivity index (χ3v) is 7.33. The number of nitrogens with one attached hydrogen (secondary N) is 2. The van der Waals surface area contributed by atoms with Gasteiger partial charge in [0.2, 0.25) is 11.8 Å².